The monoisotopic (exact) mass is 354 g/mol. The van der Waals surface area contributed by atoms with E-state index < -0.39 is 15.8 Å². The van der Waals surface area contributed by atoms with Gasteiger partial charge < -0.3 is 10.1 Å². The van der Waals surface area contributed by atoms with Crippen molar-refractivity contribution in [2.24, 2.45) is 0 Å². The molecule has 1 aromatic carbocycles. The largest absolute Gasteiger partial charge is 0.383 e. The molecule has 19 heavy (non-hydrogen) atoms. The highest BCUT2D eigenvalue weighted by atomic mass is 79.9. The lowest BCUT2D eigenvalue weighted by molar-refractivity contribution is 0.199. The van der Waals surface area contributed by atoms with Crippen LogP contribution < -0.4 is 10.0 Å². The summed E-state index contributed by atoms with van der Waals surface area (Å²) < 4.78 is 44.9. The van der Waals surface area contributed by atoms with Crippen LogP contribution in [-0.4, -0.2) is 41.8 Å². The highest BCUT2D eigenvalue weighted by molar-refractivity contribution is 9.10. The molecular weight excluding hydrogens is 339 g/mol. The number of hydrogen-bond donors (Lipinski definition) is 2. The van der Waals surface area contributed by atoms with Crippen molar-refractivity contribution >= 4 is 26.0 Å². The molecule has 0 radical (unpaired) electrons. The molecule has 0 aromatic heterocycles. The van der Waals surface area contributed by atoms with Gasteiger partial charge in [-0.2, -0.15) is 0 Å². The second kappa shape index (κ2) is 7.91. The maximum absolute atomic E-state index is 13.5. The van der Waals surface area contributed by atoms with Gasteiger partial charge in [0, 0.05) is 31.2 Å². The van der Waals surface area contributed by atoms with E-state index in [4.69, 9.17) is 4.74 Å². The Balaban J connectivity index is 2.54. The Hall–Kier alpha value is -0.540. The summed E-state index contributed by atoms with van der Waals surface area (Å²) in [4.78, 5) is -0.362. The molecule has 0 heterocycles. The third kappa shape index (κ3) is 5.53. The second-order valence-corrected chi connectivity index (χ2v) is 6.37. The summed E-state index contributed by atoms with van der Waals surface area (Å²) in [5, 5.41) is 2.98. The molecule has 0 saturated heterocycles. The number of ether oxygens (including phenoxy) is 1. The highest BCUT2D eigenvalue weighted by Crippen LogP contribution is 2.19. The first-order chi connectivity index (χ1) is 8.97. The van der Waals surface area contributed by atoms with Crippen molar-refractivity contribution < 1.29 is 17.5 Å². The number of hydrogen-bond acceptors (Lipinski definition) is 4. The van der Waals surface area contributed by atoms with Crippen LogP contribution >= 0.6 is 15.9 Å². The molecule has 0 saturated carbocycles. The van der Waals surface area contributed by atoms with E-state index in [0.717, 1.165) is 6.07 Å². The van der Waals surface area contributed by atoms with Crippen LogP contribution in [0.1, 0.15) is 0 Å². The van der Waals surface area contributed by atoms with Gasteiger partial charge in [-0.3, -0.25) is 0 Å². The molecule has 0 atom stereocenters. The van der Waals surface area contributed by atoms with E-state index in [1.54, 1.807) is 7.11 Å². The molecule has 0 fully saturated rings. The predicted molar refractivity (Wildman–Crippen MR) is 74.0 cm³/mol. The molecule has 0 aliphatic rings. The number of nitrogens with one attached hydrogen (secondary N) is 2. The summed E-state index contributed by atoms with van der Waals surface area (Å²) in [5.74, 6) is -0.775. The van der Waals surface area contributed by atoms with Gasteiger partial charge in [-0.25, -0.2) is 17.5 Å². The van der Waals surface area contributed by atoms with Crippen molar-refractivity contribution in [3.63, 3.8) is 0 Å². The van der Waals surface area contributed by atoms with Gasteiger partial charge in [0.1, 0.15) is 10.7 Å². The molecule has 0 aliphatic heterocycles. The van der Waals surface area contributed by atoms with Crippen LogP contribution in [-0.2, 0) is 14.8 Å². The number of rotatable bonds is 8. The fraction of sp³-hybridized carbons (Fsp3) is 0.455. The number of benzene rings is 1. The van der Waals surface area contributed by atoms with Gasteiger partial charge >= 0.3 is 0 Å². The van der Waals surface area contributed by atoms with E-state index in [-0.39, 0.29) is 11.4 Å². The van der Waals surface area contributed by atoms with Crippen LogP contribution in [0.15, 0.2) is 27.6 Å². The maximum Gasteiger partial charge on any atom is 0.243 e. The van der Waals surface area contributed by atoms with Gasteiger partial charge in [0.2, 0.25) is 10.0 Å². The molecule has 1 aromatic rings. The van der Waals surface area contributed by atoms with Crippen molar-refractivity contribution in [1.82, 2.24) is 10.0 Å². The Kier molecular flexibility index (Phi) is 6.87. The predicted octanol–water partition coefficient (Wildman–Crippen LogP) is 1.10. The molecular formula is C11H16BrFN2O3S. The van der Waals surface area contributed by atoms with Crippen molar-refractivity contribution in [3.8, 4) is 0 Å². The Morgan fingerprint density at radius 1 is 1.32 bits per heavy atom. The average Bonchev–Trinajstić information content (AvgIpc) is 2.36. The summed E-state index contributed by atoms with van der Waals surface area (Å²) in [6.07, 6.45) is 0. The Morgan fingerprint density at radius 3 is 2.74 bits per heavy atom. The van der Waals surface area contributed by atoms with Gasteiger partial charge in [0.25, 0.3) is 0 Å². The van der Waals surface area contributed by atoms with E-state index in [1.807, 2.05) is 0 Å². The molecule has 0 unspecified atom stereocenters. The smallest absolute Gasteiger partial charge is 0.243 e. The van der Waals surface area contributed by atoms with E-state index in [0.29, 0.717) is 24.2 Å². The van der Waals surface area contributed by atoms with Crippen LogP contribution in [0.5, 0.6) is 0 Å². The van der Waals surface area contributed by atoms with Gasteiger partial charge in [-0.15, -0.1) is 0 Å². The molecule has 0 aliphatic carbocycles. The highest BCUT2D eigenvalue weighted by Gasteiger charge is 2.18. The van der Waals surface area contributed by atoms with Gasteiger partial charge in [-0.05, 0) is 18.2 Å². The van der Waals surface area contributed by atoms with Gasteiger partial charge in [0.15, 0.2) is 0 Å². The number of halogens is 2. The summed E-state index contributed by atoms with van der Waals surface area (Å²) in [6.45, 7) is 1.80. The minimum Gasteiger partial charge on any atom is -0.383 e. The summed E-state index contributed by atoms with van der Waals surface area (Å²) in [5.41, 5.74) is 0. The fourth-order valence-electron chi connectivity index (χ4n) is 1.33. The third-order valence-electron chi connectivity index (χ3n) is 2.26. The molecule has 8 heteroatoms. The molecule has 1 rings (SSSR count). The average molecular weight is 355 g/mol. The number of sulfonamides is 1. The first-order valence-electron chi connectivity index (χ1n) is 5.62. The Bertz CT molecular complexity index is 511. The summed E-state index contributed by atoms with van der Waals surface area (Å²) in [7, 11) is -2.25. The Labute approximate surface area is 120 Å². The fourth-order valence-corrected chi connectivity index (χ4v) is 2.98. The minimum atomic E-state index is -3.83. The minimum absolute atomic E-state index is 0.179. The van der Waals surface area contributed by atoms with Crippen molar-refractivity contribution in [2.75, 3.05) is 33.4 Å². The van der Waals surface area contributed by atoms with E-state index in [9.17, 15) is 12.8 Å². The lowest BCUT2D eigenvalue weighted by Crippen LogP contribution is -2.33. The topological polar surface area (TPSA) is 67.4 Å². The van der Waals surface area contributed by atoms with Gasteiger partial charge in [-0.1, -0.05) is 15.9 Å². The van der Waals surface area contributed by atoms with Gasteiger partial charge in [0.05, 0.1) is 6.61 Å². The standard InChI is InChI=1S/C11H16BrFN2O3S/c1-18-7-6-14-4-5-15-19(16,17)11-8-9(12)2-3-10(11)13/h2-3,8,14-15H,4-7H2,1H3. The molecule has 5 nitrogen and oxygen atoms in total. The van der Waals surface area contributed by atoms with Crippen LogP contribution in [0.25, 0.3) is 0 Å². The van der Waals surface area contributed by atoms with Crippen LogP contribution in [0.4, 0.5) is 4.39 Å². The van der Waals surface area contributed by atoms with Crippen LogP contribution in [0.2, 0.25) is 0 Å². The SMILES string of the molecule is COCCNCCNS(=O)(=O)c1cc(Br)ccc1F. The van der Waals surface area contributed by atoms with E-state index in [2.05, 4.69) is 26.0 Å². The number of methoxy groups -OCH3 is 1. The lowest BCUT2D eigenvalue weighted by atomic mass is 10.3. The molecule has 2 N–H and O–H groups in total. The molecule has 0 spiro atoms. The maximum atomic E-state index is 13.5. The van der Waals surface area contributed by atoms with Crippen molar-refractivity contribution in [1.29, 1.82) is 0 Å². The van der Waals surface area contributed by atoms with Crippen molar-refractivity contribution in [2.45, 2.75) is 4.90 Å². The first-order valence-corrected chi connectivity index (χ1v) is 7.89. The molecule has 108 valence electrons. The zero-order valence-electron chi connectivity index (χ0n) is 10.4. The molecule has 0 bridgehead atoms. The third-order valence-corrected chi connectivity index (χ3v) is 4.23. The molecule has 0 amide bonds. The normalized spacial score (nSPS) is 11.7. The van der Waals surface area contributed by atoms with Crippen LogP contribution in [0, 0.1) is 5.82 Å². The Morgan fingerprint density at radius 2 is 2.05 bits per heavy atom. The zero-order valence-corrected chi connectivity index (χ0v) is 12.9. The summed E-state index contributed by atoms with van der Waals surface area (Å²) >= 11 is 3.11. The first kappa shape index (κ1) is 16.5. The summed E-state index contributed by atoms with van der Waals surface area (Å²) in [6, 6.07) is 3.78. The quantitative estimate of drug-likeness (QED) is 0.686. The lowest BCUT2D eigenvalue weighted by Gasteiger charge is -2.08. The second-order valence-electron chi connectivity index (χ2n) is 3.72. The van der Waals surface area contributed by atoms with Crippen molar-refractivity contribution in [3.05, 3.63) is 28.5 Å². The van der Waals surface area contributed by atoms with E-state index in [1.165, 1.54) is 12.1 Å². The van der Waals surface area contributed by atoms with Crippen LogP contribution in [0.3, 0.4) is 0 Å². The zero-order chi connectivity index (χ0) is 14.3. The van der Waals surface area contributed by atoms with E-state index >= 15 is 0 Å².